The van der Waals surface area contributed by atoms with Crippen molar-refractivity contribution in [1.29, 1.82) is 0 Å². The summed E-state index contributed by atoms with van der Waals surface area (Å²) in [5, 5.41) is 4.44. The number of aryl methyl sites for hydroxylation is 3. The molecule has 5 heteroatoms. The lowest BCUT2D eigenvalue weighted by molar-refractivity contribution is 0.519. The molecule has 3 aromatic heterocycles. The van der Waals surface area contributed by atoms with Crippen molar-refractivity contribution in [2.24, 2.45) is 0 Å². The molecule has 0 amide bonds. The molecule has 5 nitrogen and oxygen atoms in total. The van der Waals surface area contributed by atoms with Crippen molar-refractivity contribution in [3.8, 4) is 22.7 Å². The summed E-state index contributed by atoms with van der Waals surface area (Å²) in [4.78, 5) is 4.65. The van der Waals surface area contributed by atoms with Crippen LogP contribution in [-0.2, 0) is 13.1 Å². The Bertz CT molecular complexity index is 935. The lowest BCUT2D eigenvalue weighted by atomic mass is 10.1. The van der Waals surface area contributed by atoms with Gasteiger partial charge in [0.15, 0.2) is 5.76 Å². The van der Waals surface area contributed by atoms with Gasteiger partial charge in [-0.3, -0.25) is 4.68 Å². The van der Waals surface area contributed by atoms with E-state index in [1.165, 1.54) is 0 Å². The van der Waals surface area contributed by atoms with E-state index < -0.39 is 0 Å². The van der Waals surface area contributed by atoms with E-state index in [4.69, 9.17) is 4.42 Å². The molecule has 0 atom stereocenters. The molecule has 4 rings (SSSR count). The summed E-state index contributed by atoms with van der Waals surface area (Å²) in [6.45, 7) is 3.74. The van der Waals surface area contributed by atoms with E-state index in [0.29, 0.717) is 0 Å². The van der Waals surface area contributed by atoms with Crippen LogP contribution in [0.2, 0.25) is 0 Å². The fraction of sp³-hybridized carbons (Fsp3) is 0.200. The van der Waals surface area contributed by atoms with Gasteiger partial charge < -0.3 is 8.98 Å². The minimum absolute atomic E-state index is 0.839. The summed E-state index contributed by atoms with van der Waals surface area (Å²) in [7, 11) is 0. The summed E-state index contributed by atoms with van der Waals surface area (Å²) in [6, 6.07) is 16.1. The van der Waals surface area contributed by atoms with E-state index >= 15 is 0 Å². The monoisotopic (exact) mass is 332 g/mol. The Labute approximate surface area is 146 Å². The standard InChI is InChI=1S/C20H20N4O/c1-16-10-13-24(22-16)12-6-11-23-15-21-19(17-7-3-2-4-8-17)20(23)18-9-5-14-25-18/h2-5,7-10,13-15H,6,11-12H2,1H3. The molecule has 0 aliphatic heterocycles. The molecule has 0 N–H and O–H groups in total. The Morgan fingerprint density at radius 1 is 1.00 bits per heavy atom. The van der Waals surface area contributed by atoms with Gasteiger partial charge in [-0.1, -0.05) is 30.3 Å². The Kier molecular flexibility index (Phi) is 4.21. The molecule has 0 radical (unpaired) electrons. The molecule has 0 saturated carbocycles. The highest BCUT2D eigenvalue weighted by atomic mass is 16.3. The minimum atomic E-state index is 0.839. The average Bonchev–Trinajstić information content (AvgIpc) is 3.36. The Morgan fingerprint density at radius 2 is 1.88 bits per heavy atom. The van der Waals surface area contributed by atoms with Crippen LogP contribution < -0.4 is 0 Å². The van der Waals surface area contributed by atoms with E-state index in [0.717, 1.165) is 47.9 Å². The summed E-state index contributed by atoms with van der Waals surface area (Å²) >= 11 is 0. The quantitative estimate of drug-likeness (QED) is 0.525. The Hall–Kier alpha value is -3.08. The van der Waals surface area contributed by atoms with Gasteiger partial charge in [-0.15, -0.1) is 0 Å². The number of hydrogen-bond donors (Lipinski definition) is 0. The van der Waals surface area contributed by atoms with Crippen molar-refractivity contribution in [3.05, 3.63) is 73.0 Å². The van der Waals surface area contributed by atoms with Crippen molar-refractivity contribution in [3.63, 3.8) is 0 Å². The first-order chi connectivity index (χ1) is 12.3. The first-order valence-corrected chi connectivity index (χ1v) is 8.46. The second-order valence-electron chi connectivity index (χ2n) is 6.05. The van der Waals surface area contributed by atoms with E-state index in [1.54, 1.807) is 6.26 Å². The molecule has 25 heavy (non-hydrogen) atoms. The highest BCUT2D eigenvalue weighted by molar-refractivity contribution is 5.76. The third-order valence-corrected chi connectivity index (χ3v) is 4.20. The maximum Gasteiger partial charge on any atom is 0.152 e. The van der Waals surface area contributed by atoms with Gasteiger partial charge in [0.2, 0.25) is 0 Å². The third kappa shape index (κ3) is 3.26. The van der Waals surface area contributed by atoms with Crippen LogP contribution in [-0.4, -0.2) is 19.3 Å². The first-order valence-electron chi connectivity index (χ1n) is 8.46. The highest BCUT2D eigenvalue weighted by Crippen LogP contribution is 2.31. The van der Waals surface area contributed by atoms with Crippen molar-refractivity contribution in [2.45, 2.75) is 26.4 Å². The molecular weight excluding hydrogens is 312 g/mol. The van der Waals surface area contributed by atoms with Crippen LogP contribution in [0.3, 0.4) is 0 Å². The first kappa shape index (κ1) is 15.4. The summed E-state index contributed by atoms with van der Waals surface area (Å²) in [5.74, 6) is 0.839. The number of benzene rings is 1. The third-order valence-electron chi connectivity index (χ3n) is 4.20. The van der Waals surface area contributed by atoms with Crippen LogP contribution in [0.4, 0.5) is 0 Å². The number of aromatic nitrogens is 4. The largest absolute Gasteiger partial charge is 0.463 e. The van der Waals surface area contributed by atoms with Gasteiger partial charge in [0.05, 0.1) is 24.0 Å². The van der Waals surface area contributed by atoms with Gasteiger partial charge in [0.1, 0.15) is 5.69 Å². The minimum Gasteiger partial charge on any atom is -0.463 e. The van der Waals surface area contributed by atoms with Gasteiger partial charge in [-0.05, 0) is 31.5 Å². The molecule has 1 aromatic carbocycles. The van der Waals surface area contributed by atoms with Crippen LogP contribution in [0, 0.1) is 6.92 Å². The van der Waals surface area contributed by atoms with Gasteiger partial charge in [-0.2, -0.15) is 5.10 Å². The zero-order valence-electron chi connectivity index (χ0n) is 14.2. The summed E-state index contributed by atoms with van der Waals surface area (Å²) in [6.07, 6.45) is 6.59. The maximum absolute atomic E-state index is 5.67. The van der Waals surface area contributed by atoms with Crippen LogP contribution in [0.1, 0.15) is 12.1 Å². The number of hydrogen-bond acceptors (Lipinski definition) is 3. The molecule has 4 aromatic rings. The van der Waals surface area contributed by atoms with Crippen LogP contribution in [0.5, 0.6) is 0 Å². The average molecular weight is 332 g/mol. The topological polar surface area (TPSA) is 48.8 Å². The van der Waals surface area contributed by atoms with Crippen molar-refractivity contribution in [2.75, 3.05) is 0 Å². The molecule has 0 unspecified atom stereocenters. The van der Waals surface area contributed by atoms with E-state index in [1.807, 2.05) is 60.5 Å². The molecular formula is C20H20N4O. The number of rotatable bonds is 6. The van der Waals surface area contributed by atoms with Crippen molar-refractivity contribution < 1.29 is 4.42 Å². The normalized spacial score (nSPS) is 11.1. The van der Waals surface area contributed by atoms with Crippen LogP contribution in [0.25, 0.3) is 22.7 Å². The van der Waals surface area contributed by atoms with E-state index in [2.05, 4.69) is 26.8 Å². The Balaban J connectivity index is 1.60. The molecule has 0 aliphatic carbocycles. The van der Waals surface area contributed by atoms with Crippen molar-refractivity contribution in [1.82, 2.24) is 19.3 Å². The molecule has 3 heterocycles. The second-order valence-corrected chi connectivity index (χ2v) is 6.05. The zero-order chi connectivity index (χ0) is 17.1. The fourth-order valence-electron chi connectivity index (χ4n) is 3.02. The maximum atomic E-state index is 5.67. The number of imidazole rings is 1. The SMILES string of the molecule is Cc1ccn(CCCn2cnc(-c3ccccc3)c2-c2ccco2)n1. The van der Waals surface area contributed by atoms with Gasteiger partial charge in [0.25, 0.3) is 0 Å². The zero-order valence-corrected chi connectivity index (χ0v) is 14.2. The Morgan fingerprint density at radius 3 is 2.60 bits per heavy atom. The van der Waals surface area contributed by atoms with E-state index in [9.17, 15) is 0 Å². The summed E-state index contributed by atoms with van der Waals surface area (Å²) in [5.41, 5.74) is 4.11. The van der Waals surface area contributed by atoms with Gasteiger partial charge in [-0.25, -0.2) is 4.98 Å². The predicted octanol–water partition coefficient (Wildman–Crippen LogP) is 4.41. The second kappa shape index (κ2) is 6.81. The highest BCUT2D eigenvalue weighted by Gasteiger charge is 2.16. The molecule has 0 spiro atoms. The van der Waals surface area contributed by atoms with Gasteiger partial charge in [0, 0.05) is 24.8 Å². The molecule has 0 fully saturated rings. The molecule has 0 saturated heterocycles. The smallest absolute Gasteiger partial charge is 0.152 e. The van der Waals surface area contributed by atoms with Crippen LogP contribution >= 0.6 is 0 Å². The van der Waals surface area contributed by atoms with Crippen molar-refractivity contribution >= 4 is 0 Å². The molecule has 0 aliphatic rings. The number of furan rings is 1. The van der Waals surface area contributed by atoms with E-state index in [-0.39, 0.29) is 0 Å². The van der Waals surface area contributed by atoms with Crippen LogP contribution in [0.15, 0.2) is 71.7 Å². The number of nitrogens with zero attached hydrogens (tertiary/aromatic N) is 4. The fourth-order valence-corrected chi connectivity index (χ4v) is 3.02. The predicted molar refractivity (Wildman–Crippen MR) is 96.9 cm³/mol. The summed E-state index contributed by atoms with van der Waals surface area (Å²) < 4.78 is 9.82. The lowest BCUT2D eigenvalue weighted by Crippen LogP contribution is -2.05. The molecule has 126 valence electrons. The lowest BCUT2D eigenvalue weighted by Gasteiger charge is -2.09. The molecule has 0 bridgehead atoms. The van der Waals surface area contributed by atoms with Gasteiger partial charge >= 0.3 is 0 Å².